The van der Waals surface area contributed by atoms with E-state index in [-0.39, 0.29) is 11.4 Å². The number of aryl methyl sites for hydroxylation is 1. The van der Waals surface area contributed by atoms with Gasteiger partial charge in [0, 0.05) is 28.9 Å². The predicted molar refractivity (Wildman–Crippen MR) is 115 cm³/mol. The molecule has 1 aliphatic heterocycles. The Balaban J connectivity index is 1.66. The van der Waals surface area contributed by atoms with E-state index in [2.05, 4.69) is 10.2 Å². The monoisotopic (exact) mass is 428 g/mol. The van der Waals surface area contributed by atoms with Gasteiger partial charge in [0.15, 0.2) is 0 Å². The summed E-state index contributed by atoms with van der Waals surface area (Å²) in [5, 5.41) is 3.25. The van der Waals surface area contributed by atoms with Gasteiger partial charge in [-0.25, -0.2) is 9.18 Å². The second kappa shape index (κ2) is 8.41. The van der Waals surface area contributed by atoms with Crippen molar-refractivity contribution in [1.82, 2.24) is 0 Å². The molecule has 0 spiro atoms. The third kappa shape index (κ3) is 3.76. The molecule has 3 aromatic rings. The van der Waals surface area contributed by atoms with Gasteiger partial charge in [0.1, 0.15) is 5.82 Å². The molecule has 0 radical (unpaired) electrons. The lowest BCUT2D eigenvalue weighted by Crippen LogP contribution is -2.36. The Hall–Kier alpha value is -2.97. The van der Waals surface area contributed by atoms with Gasteiger partial charge in [0.05, 0.1) is 36.5 Å². The maximum Gasteiger partial charge on any atom is 0.340 e. The van der Waals surface area contributed by atoms with E-state index in [4.69, 9.17) is 9.47 Å². The van der Waals surface area contributed by atoms with Crippen LogP contribution in [0.5, 0.6) is 0 Å². The number of nitrogens with zero attached hydrogens (tertiary/aromatic N) is 1. The quantitative estimate of drug-likeness (QED) is 0.630. The van der Waals surface area contributed by atoms with Crippen LogP contribution in [0.4, 0.5) is 15.8 Å². The topological polar surface area (TPSA) is 67.9 Å². The highest BCUT2D eigenvalue weighted by molar-refractivity contribution is 7.21. The summed E-state index contributed by atoms with van der Waals surface area (Å²) in [7, 11) is 1.30. The predicted octanol–water partition coefficient (Wildman–Crippen LogP) is 4.22. The highest BCUT2D eigenvalue weighted by Crippen LogP contribution is 2.33. The zero-order valence-electron chi connectivity index (χ0n) is 16.7. The van der Waals surface area contributed by atoms with Crippen LogP contribution in [-0.2, 0) is 9.47 Å². The van der Waals surface area contributed by atoms with Crippen LogP contribution in [0.25, 0.3) is 10.1 Å². The summed E-state index contributed by atoms with van der Waals surface area (Å²) >= 11 is 1.22. The number of nitrogens with one attached hydrogen (secondary N) is 1. The van der Waals surface area contributed by atoms with Crippen LogP contribution in [-0.4, -0.2) is 45.3 Å². The summed E-state index contributed by atoms with van der Waals surface area (Å²) in [6.07, 6.45) is 0. The number of esters is 1. The van der Waals surface area contributed by atoms with Gasteiger partial charge in [0.2, 0.25) is 0 Å². The number of methoxy groups -OCH3 is 1. The number of fused-ring (bicyclic) bond motifs is 1. The highest BCUT2D eigenvalue weighted by atomic mass is 32.1. The molecule has 4 rings (SSSR count). The smallest absolute Gasteiger partial charge is 0.340 e. The van der Waals surface area contributed by atoms with Gasteiger partial charge in [-0.3, -0.25) is 4.79 Å². The van der Waals surface area contributed by atoms with Crippen LogP contribution >= 0.6 is 11.3 Å². The third-order valence-electron chi connectivity index (χ3n) is 5.14. The summed E-state index contributed by atoms with van der Waals surface area (Å²) in [5.74, 6) is -1.29. The van der Waals surface area contributed by atoms with E-state index in [1.54, 1.807) is 31.2 Å². The molecule has 2 aromatic carbocycles. The van der Waals surface area contributed by atoms with Crippen molar-refractivity contribution < 1.29 is 23.5 Å². The van der Waals surface area contributed by atoms with Crippen molar-refractivity contribution in [3.05, 3.63) is 58.2 Å². The van der Waals surface area contributed by atoms with Crippen molar-refractivity contribution in [2.24, 2.45) is 0 Å². The molecule has 2 heterocycles. The van der Waals surface area contributed by atoms with E-state index in [9.17, 15) is 14.0 Å². The standard InChI is InChI=1S/C22H21FN2O4S/c1-13-19-16(23)4-3-5-18(19)30-20(13)21(26)24-17-7-6-14(12-15(17)22(27)28-2)25-8-10-29-11-9-25/h3-7,12H,8-11H2,1-2H3,(H,24,26). The molecule has 1 N–H and O–H groups in total. The first kappa shape index (κ1) is 20.3. The first-order valence-corrected chi connectivity index (χ1v) is 10.3. The average molecular weight is 428 g/mol. The molecule has 0 aliphatic carbocycles. The number of anilines is 2. The first-order valence-electron chi connectivity index (χ1n) is 9.53. The van der Waals surface area contributed by atoms with Crippen LogP contribution in [0.15, 0.2) is 36.4 Å². The Morgan fingerprint density at radius 3 is 2.67 bits per heavy atom. The molecular formula is C22H21FN2O4S. The van der Waals surface area contributed by atoms with E-state index in [0.29, 0.717) is 39.4 Å². The minimum atomic E-state index is -0.542. The zero-order valence-corrected chi connectivity index (χ0v) is 17.5. The number of benzene rings is 2. The van der Waals surface area contributed by atoms with Crippen molar-refractivity contribution in [3.8, 4) is 0 Å². The molecule has 1 amide bonds. The fourth-order valence-electron chi connectivity index (χ4n) is 3.59. The molecule has 1 aromatic heterocycles. The van der Waals surface area contributed by atoms with Gasteiger partial charge in [-0.15, -0.1) is 11.3 Å². The largest absolute Gasteiger partial charge is 0.465 e. The lowest BCUT2D eigenvalue weighted by Gasteiger charge is -2.29. The highest BCUT2D eigenvalue weighted by Gasteiger charge is 2.22. The molecule has 1 aliphatic rings. The van der Waals surface area contributed by atoms with E-state index >= 15 is 0 Å². The van der Waals surface area contributed by atoms with Gasteiger partial charge in [-0.05, 0) is 42.8 Å². The molecule has 0 unspecified atom stereocenters. The summed E-state index contributed by atoms with van der Waals surface area (Å²) in [5.41, 5.74) is 2.05. The third-order valence-corrected chi connectivity index (χ3v) is 6.40. The lowest BCUT2D eigenvalue weighted by molar-refractivity contribution is 0.0602. The molecule has 6 nitrogen and oxygen atoms in total. The molecule has 0 bridgehead atoms. The lowest BCUT2D eigenvalue weighted by atomic mass is 10.1. The molecule has 156 valence electrons. The van der Waals surface area contributed by atoms with Crippen molar-refractivity contribution in [2.75, 3.05) is 43.6 Å². The first-order chi connectivity index (χ1) is 14.5. The molecule has 1 fully saturated rings. The second-order valence-electron chi connectivity index (χ2n) is 6.94. The summed E-state index contributed by atoms with van der Waals surface area (Å²) in [6.45, 7) is 4.40. The molecule has 30 heavy (non-hydrogen) atoms. The minimum Gasteiger partial charge on any atom is -0.465 e. The summed E-state index contributed by atoms with van der Waals surface area (Å²) in [4.78, 5) is 27.9. The number of rotatable bonds is 4. The van der Waals surface area contributed by atoms with Crippen LogP contribution in [0, 0.1) is 12.7 Å². The fraction of sp³-hybridized carbons (Fsp3) is 0.273. The van der Waals surface area contributed by atoms with Crippen LogP contribution in [0.1, 0.15) is 25.6 Å². The summed E-state index contributed by atoms with van der Waals surface area (Å²) < 4.78 is 25.2. The van der Waals surface area contributed by atoms with Crippen molar-refractivity contribution in [3.63, 3.8) is 0 Å². The number of hydrogen-bond acceptors (Lipinski definition) is 6. The van der Waals surface area contributed by atoms with Crippen LogP contribution in [0.2, 0.25) is 0 Å². The Kier molecular flexibility index (Phi) is 5.69. The number of halogens is 1. The molecule has 0 atom stereocenters. The zero-order chi connectivity index (χ0) is 21.3. The Morgan fingerprint density at radius 1 is 1.20 bits per heavy atom. The average Bonchev–Trinajstić information content (AvgIpc) is 3.12. The molecule has 8 heteroatoms. The van der Waals surface area contributed by atoms with Crippen LogP contribution < -0.4 is 10.2 Å². The summed E-state index contributed by atoms with van der Waals surface area (Å²) in [6, 6.07) is 10.0. The molecule has 1 saturated heterocycles. The molecule has 0 saturated carbocycles. The van der Waals surface area contributed by atoms with Gasteiger partial charge in [0.25, 0.3) is 5.91 Å². The second-order valence-corrected chi connectivity index (χ2v) is 8.00. The number of hydrogen-bond donors (Lipinski definition) is 1. The maximum absolute atomic E-state index is 14.2. The van der Waals surface area contributed by atoms with Crippen molar-refractivity contribution in [1.29, 1.82) is 0 Å². The van der Waals surface area contributed by atoms with E-state index in [0.717, 1.165) is 18.8 Å². The number of carbonyl (C=O) groups excluding carboxylic acids is 2. The van der Waals surface area contributed by atoms with Crippen molar-refractivity contribution in [2.45, 2.75) is 6.92 Å². The van der Waals surface area contributed by atoms with Gasteiger partial charge in [-0.2, -0.15) is 0 Å². The van der Waals surface area contributed by atoms with Crippen LogP contribution in [0.3, 0.4) is 0 Å². The van der Waals surface area contributed by atoms with Gasteiger partial charge < -0.3 is 19.7 Å². The fourth-order valence-corrected chi connectivity index (χ4v) is 4.71. The van der Waals surface area contributed by atoms with E-state index < -0.39 is 11.9 Å². The number of carbonyl (C=O) groups is 2. The van der Waals surface area contributed by atoms with Gasteiger partial charge in [-0.1, -0.05) is 6.07 Å². The Bertz CT molecular complexity index is 1120. The van der Waals surface area contributed by atoms with E-state index in [1.165, 1.54) is 24.5 Å². The SMILES string of the molecule is COC(=O)c1cc(N2CCOCC2)ccc1NC(=O)c1sc2cccc(F)c2c1C. The van der Waals surface area contributed by atoms with Crippen molar-refractivity contribution >= 4 is 44.7 Å². The van der Waals surface area contributed by atoms with Gasteiger partial charge >= 0.3 is 5.97 Å². The molecular weight excluding hydrogens is 407 g/mol. The minimum absolute atomic E-state index is 0.264. The van der Waals surface area contributed by atoms with E-state index in [1.807, 2.05) is 6.07 Å². The number of morpholine rings is 1. The Morgan fingerprint density at radius 2 is 1.97 bits per heavy atom. The number of ether oxygens (including phenoxy) is 2. The number of amides is 1. The normalized spacial score (nSPS) is 14.0. The number of thiophene rings is 1. The Labute approximate surface area is 177 Å². The maximum atomic E-state index is 14.2.